The second kappa shape index (κ2) is 5.82. The molecule has 4 heteroatoms. The van der Waals surface area contributed by atoms with Crippen LogP contribution in [0.1, 0.15) is 22.3 Å². The number of nitrogens with zero attached hydrogens (tertiary/aromatic N) is 4. The molecule has 0 aliphatic heterocycles. The second-order valence-electron chi connectivity index (χ2n) is 5.40. The van der Waals surface area contributed by atoms with Gasteiger partial charge < -0.3 is 0 Å². The highest BCUT2D eigenvalue weighted by molar-refractivity contribution is 5.63. The Morgan fingerprint density at radius 2 is 1.86 bits per heavy atom. The molecule has 3 rings (SSSR count). The van der Waals surface area contributed by atoms with E-state index in [1.165, 1.54) is 11.1 Å². The van der Waals surface area contributed by atoms with Crippen molar-refractivity contribution in [2.45, 2.75) is 20.4 Å². The van der Waals surface area contributed by atoms with Crippen molar-refractivity contribution in [1.29, 1.82) is 5.26 Å². The fourth-order valence-corrected chi connectivity index (χ4v) is 2.54. The summed E-state index contributed by atoms with van der Waals surface area (Å²) >= 11 is 0. The lowest BCUT2D eigenvalue weighted by molar-refractivity contribution is 0.655. The molecule has 0 aliphatic carbocycles. The van der Waals surface area contributed by atoms with Crippen molar-refractivity contribution in [1.82, 2.24) is 15.0 Å². The van der Waals surface area contributed by atoms with Gasteiger partial charge in [0.2, 0.25) is 0 Å². The Kier molecular flexibility index (Phi) is 3.71. The van der Waals surface area contributed by atoms with Crippen LogP contribution in [-0.4, -0.2) is 15.0 Å². The zero-order chi connectivity index (χ0) is 15.5. The van der Waals surface area contributed by atoms with Gasteiger partial charge in [0.25, 0.3) is 0 Å². The summed E-state index contributed by atoms with van der Waals surface area (Å²) in [6.07, 6.45) is 1.79. The first-order valence-corrected chi connectivity index (χ1v) is 7.12. The van der Waals surface area contributed by atoms with Crippen LogP contribution in [0.15, 0.2) is 48.7 Å². The van der Waals surface area contributed by atoms with Gasteiger partial charge in [0.15, 0.2) is 0 Å². The summed E-state index contributed by atoms with van der Waals surface area (Å²) in [4.78, 5) is 0. The van der Waals surface area contributed by atoms with Crippen LogP contribution in [0.4, 0.5) is 0 Å². The molecular formula is C18H16N4. The van der Waals surface area contributed by atoms with Crippen LogP contribution in [-0.2, 0) is 6.54 Å². The molecule has 0 amide bonds. The summed E-state index contributed by atoms with van der Waals surface area (Å²) in [5.74, 6) is 0. The zero-order valence-electron chi connectivity index (χ0n) is 12.6. The second-order valence-corrected chi connectivity index (χ2v) is 5.40. The van der Waals surface area contributed by atoms with Gasteiger partial charge >= 0.3 is 0 Å². The molecule has 0 radical (unpaired) electrons. The van der Waals surface area contributed by atoms with Gasteiger partial charge in [0.1, 0.15) is 0 Å². The number of hydrogen-bond acceptors (Lipinski definition) is 3. The average Bonchev–Trinajstić information content (AvgIpc) is 2.96. The number of hydrogen-bond donors (Lipinski definition) is 0. The van der Waals surface area contributed by atoms with Gasteiger partial charge in [-0.05, 0) is 37.1 Å². The molecule has 108 valence electrons. The number of rotatable bonds is 3. The number of nitriles is 1. The van der Waals surface area contributed by atoms with Crippen LogP contribution < -0.4 is 0 Å². The first kappa shape index (κ1) is 14.0. The summed E-state index contributed by atoms with van der Waals surface area (Å²) in [6, 6.07) is 16.0. The molecule has 0 atom stereocenters. The average molecular weight is 288 g/mol. The van der Waals surface area contributed by atoms with E-state index in [1.807, 2.05) is 28.9 Å². The van der Waals surface area contributed by atoms with E-state index in [0.29, 0.717) is 12.1 Å². The minimum Gasteiger partial charge on any atom is -0.240 e. The number of aromatic nitrogens is 3. The van der Waals surface area contributed by atoms with Crippen LogP contribution in [0.5, 0.6) is 0 Å². The molecule has 3 aromatic rings. The summed E-state index contributed by atoms with van der Waals surface area (Å²) in [6.45, 7) is 4.82. The Balaban J connectivity index is 1.93. The Labute approximate surface area is 129 Å². The lowest BCUT2D eigenvalue weighted by Gasteiger charge is -2.09. The SMILES string of the molecule is Cc1ccc(-c2cnnn2Cc2ccc(C#N)cc2)c(C)c1. The van der Waals surface area contributed by atoms with Gasteiger partial charge in [0.05, 0.1) is 30.1 Å². The minimum absolute atomic E-state index is 0.633. The van der Waals surface area contributed by atoms with Crippen molar-refractivity contribution in [2.24, 2.45) is 0 Å². The normalized spacial score (nSPS) is 10.4. The number of aryl methyl sites for hydroxylation is 2. The summed E-state index contributed by atoms with van der Waals surface area (Å²) in [7, 11) is 0. The quantitative estimate of drug-likeness (QED) is 0.741. The maximum Gasteiger partial charge on any atom is 0.0991 e. The smallest absolute Gasteiger partial charge is 0.0991 e. The third-order valence-electron chi connectivity index (χ3n) is 3.69. The van der Waals surface area contributed by atoms with Crippen molar-refractivity contribution in [3.05, 3.63) is 70.9 Å². The zero-order valence-corrected chi connectivity index (χ0v) is 12.6. The largest absolute Gasteiger partial charge is 0.240 e. The Morgan fingerprint density at radius 3 is 2.55 bits per heavy atom. The van der Waals surface area contributed by atoms with Gasteiger partial charge in [0, 0.05) is 5.56 Å². The standard InChI is InChI=1S/C18H16N4/c1-13-3-8-17(14(2)9-13)18-11-20-21-22(18)12-16-6-4-15(10-19)5-7-16/h3-9,11H,12H2,1-2H3. The van der Waals surface area contributed by atoms with Crippen molar-refractivity contribution < 1.29 is 0 Å². The molecule has 4 nitrogen and oxygen atoms in total. The van der Waals surface area contributed by atoms with E-state index in [4.69, 9.17) is 5.26 Å². The van der Waals surface area contributed by atoms with Gasteiger partial charge in [-0.15, -0.1) is 5.10 Å². The Bertz CT molecular complexity index is 838. The van der Waals surface area contributed by atoms with Crippen LogP contribution in [0.2, 0.25) is 0 Å². The van der Waals surface area contributed by atoms with E-state index in [2.05, 4.69) is 48.4 Å². The third-order valence-corrected chi connectivity index (χ3v) is 3.69. The van der Waals surface area contributed by atoms with Gasteiger partial charge in [-0.1, -0.05) is 41.1 Å². The molecule has 0 aliphatic rings. The topological polar surface area (TPSA) is 54.5 Å². The maximum absolute atomic E-state index is 8.85. The Morgan fingerprint density at radius 1 is 1.09 bits per heavy atom. The van der Waals surface area contributed by atoms with E-state index in [0.717, 1.165) is 16.8 Å². The summed E-state index contributed by atoms with van der Waals surface area (Å²) in [5, 5.41) is 17.1. The fraction of sp³-hybridized carbons (Fsp3) is 0.167. The molecule has 1 heterocycles. The molecule has 0 fully saturated rings. The van der Waals surface area contributed by atoms with Crippen molar-refractivity contribution in [3.8, 4) is 17.3 Å². The molecule has 0 bridgehead atoms. The van der Waals surface area contributed by atoms with Crippen LogP contribution in [0.25, 0.3) is 11.3 Å². The molecular weight excluding hydrogens is 272 g/mol. The highest BCUT2D eigenvalue weighted by Gasteiger charge is 2.10. The monoisotopic (exact) mass is 288 g/mol. The van der Waals surface area contributed by atoms with Crippen molar-refractivity contribution >= 4 is 0 Å². The Hall–Kier alpha value is -2.93. The first-order chi connectivity index (χ1) is 10.7. The highest BCUT2D eigenvalue weighted by atomic mass is 15.4. The predicted octanol–water partition coefficient (Wildman–Crippen LogP) is 3.48. The molecule has 2 aromatic carbocycles. The number of benzene rings is 2. The third kappa shape index (κ3) is 2.75. The predicted molar refractivity (Wildman–Crippen MR) is 85.2 cm³/mol. The molecule has 0 unspecified atom stereocenters. The van der Waals surface area contributed by atoms with E-state index in [1.54, 1.807) is 6.20 Å². The van der Waals surface area contributed by atoms with E-state index in [9.17, 15) is 0 Å². The van der Waals surface area contributed by atoms with E-state index >= 15 is 0 Å². The maximum atomic E-state index is 8.85. The van der Waals surface area contributed by atoms with Crippen molar-refractivity contribution in [2.75, 3.05) is 0 Å². The molecule has 0 N–H and O–H groups in total. The lowest BCUT2D eigenvalue weighted by atomic mass is 10.0. The van der Waals surface area contributed by atoms with Crippen molar-refractivity contribution in [3.63, 3.8) is 0 Å². The summed E-state index contributed by atoms with van der Waals surface area (Å²) < 4.78 is 1.89. The minimum atomic E-state index is 0.633. The van der Waals surface area contributed by atoms with Gasteiger partial charge in [-0.25, -0.2) is 4.68 Å². The lowest BCUT2D eigenvalue weighted by Crippen LogP contribution is -2.04. The van der Waals surface area contributed by atoms with Gasteiger partial charge in [-0.3, -0.25) is 0 Å². The molecule has 0 saturated heterocycles. The van der Waals surface area contributed by atoms with E-state index < -0.39 is 0 Å². The molecule has 1 aromatic heterocycles. The molecule has 0 spiro atoms. The molecule has 22 heavy (non-hydrogen) atoms. The van der Waals surface area contributed by atoms with Crippen LogP contribution >= 0.6 is 0 Å². The van der Waals surface area contributed by atoms with E-state index in [-0.39, 0.29) is 0 Å². The highest BCUT2D eigenvalue weighted by Crippen LogP contribution is 2.23. The fourth-order valence-electron chi connectivity index (χ4n) is 2.54. The van der Waals surface area contributed by atoms with Gasteiger partial charge in [-0.2, -0.15) is 5.26 Å². The summed E-state index contributed by atoms with van der Waals surface area (Å²) in [5.41, 5.74) is 6.36. The van der Waals surface area contributed by atoms with Crippen LogP contribution in [0.3, 0.4) is 0 Å². The molecule has 0 saturated carbocycles. The first-order valence-electron chi connectivity index (χ1n) is 7.12. The van der Waals surface area contributed by atoms with Crippen LogP contribution in [0, 0.1) is 25.2 Å².